The smallest absolute Gasteiger partial charge is 0.332 e. The number of nitrogens with two attached hydrogens (primary N) is 1. The summed E-state index contributed by atoms with van der Waals surface area (Å²) in [5.74, 6) is -0.859. The molecule has 10 heteroatoms. The van der Waals surface area contributed by atoms with E-state index in [2.05, 4.69) is 4.98 Å². The number of fused-ring (bicyclic) bond motifs is 1. The van der Waals surface area contributed by atoms with Gasteiger partial charge in [-0.2, -0.15) is 0 Å². The summed E-state index contributed by atoms with van der Waals surface area (Å²) in [6.07, 6.45) is 0.718. The first kappa shape index (κ1) is 20.6. The lowest BCUT2D eigenvalue weighted by Gasteiger charge is -2.13. The molecule has 0 bridgehead atoms. The highest BCUT2D eigenvalue weighted by Crippen LogP contribution is 2.20. The van der Waals surface area contributed by atoms with Crippen molar-refractivity contribution in [2.75, 3.05) is 11.5 Å². The van der Waals surface area contributed by atoms with Gasteiger partial charge in [0.1, 0.15) is 11.4 Å². The van der Waals surface area contributed by atoms with Gasteiger partial charge in [0.25, 0.3) is 11.1 Å². The Balaban J connectivity index is 2.01. The van der Waals surface area contributed by atoms with E-state index >= 15 is 0 Å². The van der Waals surface area contributed by atoms with Gasteiger partial charge in [-0.25, -0.2) is 9.78 Å². The largest absolute Gasteiger partial charge is 0.384 e. The van der Waals surface area contributed by atoms with Gasteiger partial charge in [0.15, 0.2) is 10.9 Å². The van der Waals surface area contributed by atoms with Gasteiger partial charge >= 0.3 is 5.69 Å². The first-order valence-electron chi connectivity index (χ1n) is 8.99. The van der Waals surface area contributed by atoms with Crippen LogP contribution in [-0.4, -0.2) is 30.2 Å². The molecule has 0 spiro atoms. The third-order valence-corrected chi connectivity index (χ3v) is 5.57. The summed E-state index contributed by atoms with van der Waals surface area (Å²) in [6.45, 7) is 2.40. The second kappa shape index (κ2) is 8.08. The Kier molecular flexibility index (Phi) is 5.73. The number of aromatic nitrogens is 4. The van der Waals surface area contributed by atoms with Gasteiger partial charge < -0.3 is 5.73 Å². The zero-order chi connectivity index (χ0) is 21.3. The number of nitrogens with zero attached hydrogens (tertiary/aromatic N) is 4. The fourth-order valence-electron chi connectivity index (χ4n) is 3.00. The van der Waals surface area contributed by atoms with E-state index in [1.807, 2.05) is 6.92 Å². The van der Waals surface area contributed by atoms with Crippen LogP contribution in [0.25, 0.3) is 10.9 Å². The van der Waals surface area contributed by atoms with Crippen LogP contribution in [0.4, 0.5) is 5.82 Å². The fourth-order valence-corrected chi connectivity index (χ4v) is 3.90. The maximum absolute atomic E-state index is 12.8. The van der Waals surface area contributed by atoms with Crippen LogP contribution >= 0.6 is 11.8 Å². The third-order valence-electron chi connectivity index (χ3n) is 4.59. The van der Waals surface area contributed by atoms with Crippen molar-refractivity contribution >= 4 is 34.3 Å². The van der Waals surface area contributed by atoms with E-state index in [1.165, 1.54) is 18.7 Å². The first-order valence-corrected chi connectivity index (χ1v) is 9.97. The molecule has 0 saturated carbocycles. The molecular weight excluding hydrogens is 394 g/mol. The van der Waals surface area contributed by atoms with Gasteiger partial charge in [0.05, 0.1) is 16.7 Å². The molecule has 2 heterocycles. The van der Waals surface area contributed by atoms with Crippen molar-refractivity contribution in [3.8, 4) is 0 Å². The van der Waals surface area contributed by atoms with Crippen molar-refractivity contribution in [2.45, 2.75) is 25.0 Å². The van der Waals surface area contributed by atoms with Crippen LogP contribution in [0, 0.1) is 0 Å². The lowest BCUT2D eigenvalue weighted by Crippen LogP contribution is -2.41. The Morgan fingerprint density at radius 1 is 1.10 bits per heavy atom. The molecule has 3 rings (SSSR count). The number of anilines is 1. The van der Waals surface area contributed by atoms with Crippen LogP contribution < -0.4 is 22.5 Å². The number of benzene rings is 1. The Morgan fingerprint density at radius 2 is 1.79 bits per heavy atom. The van der Waals surface area contributed by atoms with Gasteiger partial charge in [0.2, 0.25) is 0 Å². The van der Waals surface area contributed by atoms with Gasteiger partial charge in [0, 0.05) is 20.6 Å². The SMILES string of the molecule is CCCn1c(SCC(=O)c2c(N)n(C)c(=O)n(C)c2=O)nc2ccccc2c1=O. The molecular formula is C19H21N5O4S. The minimum atomic E-state index is -0.742. The van der Waals surface area contributed by atoms with Gasteiger partial charge in [-0.3, -0.25) is 28.1 Å². The number of rotatable bonds is 6. The molecule has 0 aliphatic heterocycles. The molecule has 2 N–H and O–H groups in total. The number of hydrogen-bond donors (Lipinski definition) is 1. The van der Waals surface area contributed by atoms with Crippen LogP contribution in [0.2, 0.25) is 0 Å². The average molecular weight is 415 g/mol. The zero-order valence-electron chi connectivity index (χ0n) is 16.3. The quantitative estimate of drug-likeness (QED) is 0.358. The van der Waals surface area contributed by atoms with Gasteiger partial charge in [-0.1, -0.05) is 30.8 Å². The monoisotopic (exact) mass is 415 g/mol. The van der Waals surface area contributed by atoms with Crippen molar-refractivity contribution < 1.29 is 4.79 Å². The van der Waals surface area contributed by atoms with E-state index in [-0.39, 0.29) is 22.7 Å². The van der Waals surface area contributed by atoms with Crippen LogP contribution in [-0.2, 0) is 20.6 Å². The number of carbonyl (C=O) groups excluding carboxylic acids is 1. The lowest BCUT2D eigenvalue weighted by molar-refractivity contribution is 0.102. The van der Waals surface area contributed by atoms with Crippen molar-refractivity contribution in [3.05, 3.63) is 61.0 Å². The zero-order valence-corrected chi connectivity index (χ0v) is 17.2. The second-order valence-electron chi connectivity index (χ2n) is 6.55. The van der Waals surface area contributed by atoms with Gasteiger partial charge in [-0.15, -0.1) is 0 Å². The Labute approximate surface area is 169 Å². The van der Waals surface area contributed by atoms with E-state index in [4.69, 9.17) is 5.73 Å². The molecule has 0 aliphatic carbocycles. The highest BCUT2D eigenvalue weighted by atomic mass is 32.2. The van der Waals surface area contributed by atoms with Crippen molar-refractivity contribution in [1.82, 2.24) is 18.7 Å². The molecule has 0 unspecified atom stereocenters. The Bertz CT molecular complexity index is 1290. The predicted octanol–water partition coefficient (Wildman–Crippen LogP) is 0.761. The summed E-state index contributed by atoms with van der Waals surface area (Å²) in [5.41, 5.74) is 4.62. The van der Waals surface area contributed by atoms with Crippen LogP contribution in [0.15, 0.2) is 43.8 Å². The normalized spacial score (nSPS) is 11.1. The summed E-state index contributed by atoms with van der Waals surface area (Å²) in [6, 6.07) is 7.01. The molecule has 1 aromatic carbocycles. The van der Waals surface area contributed by atoms with E-state index in [0.29, 0.717) is 22.6 Å². The third kappa shape index (κ3) is 3.63. The summed E-state index contributed by atoms with van der Waals surface area (Å²) >= 11 is 1.06. The Morgan fingerprint density at radius 3 is 2.48 bits per heavy atom. The number of carbonyl (C=O) groups is 1. The van der Waals surface area contributed by atoms with Crippen LogP contribution in [0.3, 0.4) is 0 Å². The number of ketones is 1. The topological polar surface area (TPSA) is 122 Å². The summed E-state index contributed by atoms with van der Waals surface area (Å²) in [4.78, 5) is 54.4. The molecule has 0 radical (unpaired) electrons. The summed E-state index contributed by atoms with van der Waals surface area (Å²) in [5, 5.41) is 0.900. The Hall–Kier alpha value is -3.14. The molecule has 0 atom stereocenters. The number of thioether (sulfide) groups is 1. The summed E-state index contributed by atoms with van der Waals surface area (Å²) < 4.78 is 3.43. The molecule has 9 nitrogen and oxygen atoms in total. The van der Waals surface area contributed by atoms with Crippen molar-refractivity contribution in [1.29, 1.82) is 0 Å². The molecule has 0 saturated heterocycles. The highest BCUT2D eigenvalue weighted by molar-refractivity contribution is 7.99. The molecule has 0 fully saturated rings. The minimum Gasteiger partial charge on any atom is -0.384 e. The van der Waals surface area contributed by atoms with Gasteiger partial charge in [-0.05, 0) is 18.6 Å². The number of Topliss-reactive ketones (excluding diaryl/α,β-unsaturated/α-hetero) is 1. The highest BCUT2D eigenvalue weighted by Gasteiger charge is 2.21. The number of hydrogen-bond acceptors (Lipinski definition) is 7. The number of para-hydroxylation sites is 1. The molecule has 2 aromatic heterocycles. The predicted molar refractivity (Wildman–Crippen MR) is 113 cm³/mol. The molecule has 0 amide bonds. The standard InChI is InChI=1S/C19H21N5O4S/c1-4-9-24-16(26)11-7-5-6-8-12(11)21-18(24)29-10-13(25)14-15(20)22(2)19(28)23(3)17(14)27/h5-8H,4,9-10,20H2,1-3H3. The minimum absolute atomic E-state index is 0.147. The molecule has 29 heavy (non-hydrogen) atoms. The second-order valence-corrected chi connectivity index (χ2v) is 7.49. The maximum atomic E-state index is 12.8. The van der Waals surface area contributed by atoms with Crippen LogP contribution in [0.5, 0.6) is 0 Å². The number of nitrogen functional groups attached to an aromatic ring is 1. The van der Waals surface area contributed by atoms with E-state index in [1.54, 1.807) is 24.3 Å². The van der Waals surface area contributed by atoms with E-state index < -0.39 is 17.0 Å². The van der Waals surface area contributed by atoms with Crippen molar-refractivity contribution in [3.63, 3.8) is 0 Å². The molecule has 152 valence electrons. The average Bonchev–Trinajstić information content (AvgIpc) is 2.72. The lowest BCUT2D eigenvalue weighted by atomic mass is 10.2. The van der Waals surface area contributed by atoms with Crippen molar-refractivity contribution in [2.24, 2.45) is 14.1 Å². The van der Waals surface area contributed by atoms with E-state index in [0.717, 1.165) is 27.3 Å². The van der Waals surface area contributed by atoms with Crippen LogP contribution in [0.1, 0.15) is 23.7 Å². The maximum Gasteiger partial charge on any atom is 0.332 e. The fraction of sp³-hybridized carbons (Fsp3) is 0.316. The summed E-state index contributed by atoms with van der Waals surface area (Å²) in [7, 11) is 2.68. The molecule has 0 aliphatic rings. The van der Waals surface area contributed by atoms with E-state index in [9.17, 15) is 19.2 Å². The molecule has 3 aromatic rings. The first-order chi connectivity index (χ1) is 13.8.